The van der Waals surface area contributed by atoms with Gasteiger partial charge >= 0.3 is 0 Å². The summed E-state index contributed by atoms with van der Waals surface area (Å²) in [6.07, 6.45) is 5.42. The third kappa shape index (κ3) is 3.73. The normalized spacial score (nSPS) is 10.3. The molecule has 0 saturated carbocycles. The molecule has 0 unspecified atom stereocenters. The van der Waals surface area contributed by atoms with Gasteiger partial charge in [0, 0.05) is 30.6 Å². The Morgan fingerprint density at radius 3 is 2.48 bits per heavy atom. The minimum Gasteiger partial charge on any atom is -0.481 e. The van der Waals surface area contributed by atoms with E-state index >= 15 is 0 Å². The summed E-state index contributed by atoms with van der Waals surface area (Å²) in [7, 11) is 1.52. The topological polar surface area (TPSA) is 71.7 Å². The van der Waals surface area contributed by atoms with Crippen LogP contribution in [0.15, 0.2) is 42.9 Å². The molecular weight excluding hydrogens is 343 g/mol. The first kappa shape index (κ1) is 16.8. The summed E-state index contributed by atoms with van der Waals surface area (Å²) in [6, 6.07) is 8.23. The number of hydrogen-bond donors (Lipinski definition) is 0. The monoisotopic (exact) mass is 354 g/mol. The zero-order valence-corrected chi connectivity index (χ0v) is 14.0. The Morgan fingerprint density at radius 2 is 1.84 bits per heavy atom. The predicted molar refractivity (Wildman–Crippen MR) is 90.7 cm³/mol. The minimum atomic E-state index is -0.483. The van der Waals surface area contributed by atoms with Gasteiger partial charge in [0.2, 0.25) is 11.7 Å². The molecule has 0 N–H and O–H groups in total. The van der Waals surface area contributed by atoms with Gasteiger partial charge in [-0.3, -0.25) is 0 Å². The smallest absolute Gasteiger partial charge is 0.232 e. The lowest BCUT2D eigenvalue weighted by Gasteiger charge is -2.10. The van der Waals surface area contributed by atoms with Crippen molar-refractivity contribution in [2.45, 2.75) is 6.42 Å². The number of benzene rings is 1. The quantitative estimate of drug-likeness (QED) is 0.712. The molecule has 3 rings (SSSR count). The van der Waals surface area contributed by atoms with E-state index in [1.54, 1.807) is 24.7 Å². The largest absolute Gasteiger partial charge is 0.481 e. The van der Waals surface area contributed by atoms with Crippen molar-refractivity contribution < 1.29 is 9.13 Å². The molecule has 0 amide bonds. The SMILES string of the molecule is COc1ncc(Cc2cnc(C#N)nc2)cc1-c1ccc(F)c(Cl)c1. The molecule has 0 aliphatic rings. The summed E-state index contributed by atoms with van der Waals surface area (Å²) >= 11 is 5.88. The van der Waals surface area contributed by atoms with Crippen LogP contribution in [0.5, 0.6) is 5.88 Å². The summed E-state index contributed by atoms with van der Waals surface area (Å²) in [4.78, 5) is 12.2. The third-order valence-corrected chi connectivity index (χ3v) is 3.83. The molecule has 25 heavy (non-hydrogen) atoms. The van der Waals surface area contributed by atoms with E-state index in [-0.39, 0.29) is 10.8 Å². The lowest BCUT2D eigenvalue weighted by Crippen LogP contribution is -1.98. The van der Waals surface area contributed by atoms with E-state index < -0.39 is 5.82 Å². The van der Waals surface area contributed by atoms with Gasteiger partial charge in [-0.25, -0.2) is 19.3 Å². The fourth-order valence-corrected chi connectivity index (χ4v) is 2.55. The Hall–Kier alpha value is -3.04. The Labute approximate surface area is 148 Å². The lowest BCUT2D eigenvalue weighted by molar-refractivity contribution is 0.399. The fourth-order valence-electron chi connectivity index (χ4n) is 2.36. The summed E-state index contributed by atoms with van der Waals surface area (Å²) in [5.74, 6) is 0.0592. The maximum atomic E-state index is 13.4. The molecule has 0 fully saturated rings. The third-order valence-electron chi connectivity index (χ3n) is 3.55. The summed E-state index contributed by atoms with van der Waals surface area (Å²) in [5.41, 5.74) is 3.14. The van der Waals surface area contributed by atoms with Gasteiger partial charge in [-0.05, 0) is 34.9 Å². The number of nitriles is 1. The molecule has 0 spiro atoms. The average Bonchev–Trinajstić information content (AvgIpc) is 2.64. The number of nitrogens with zero attached hydrogens (tertiary/aromatic N) is 4. The van der Waals surface area contributed by atoms with Crippen LogP contribution in [0.2, 0.25) is 5.02 Å². The zero-order chi connectivity index (χ0) is 17.8. The molecule has 0 bridgehead atoms. The van der Waals surface area contributed by atoms with Crippen molar-refractivity contribution in [3.05, 3.63) is 70.6 Å². The summed E-state index contributed by atoms with van der Waals surface area (Å²) < 4.78 is 18.7. The van der Waals surface area contributed by atoms with Crippen molar-refractivity contribution in [2.24, 2.45) is 0 Å². The average molecular weight is 355 g/mol. The number of hydrogen-bond acceptors (Lipinski definition) is 5. The first-order chi connectivity index (χ1) is 12.1. The van der Waals surface area contributed by atoms with Crippen molar-refractivity contribution in [3.63, 3.8) is 0 Å². The number of halogens is 2. The Morgan fingerprint density at radius 1 is 1.12 bits per heavy atom. The van der Waals surface area contributed by atoms with Gasteiger partial charge in [-0.15, -0.1) is 0 Å². The van der Waals surface area contributed by atoms with Crippen molar-refractivity contribution in [1.82, 2.24) is 15.0 Å². The van der Waals surface area contributed by atoms with E-state index in [9.17, 15) is 4.39 Å². The van der Waals surface area contributed by atoms with Crippen LogP contribution in [0.1, 0.15) is 17.0 Å². The fraction of sp³-hybridized carbons (Fsp3) is 0.111. The molecule has 0 aliphatic heterocycles. The van der Waals surface area contributed by atoms with Gasteiger partial charge in [0.25, 0.3) is 0 Å². The second-order valence-corrected chi connectivity index (χ2v) is 5.64. The first-order valence-electron chi connectivity index (χ1n) is 7.30. The van der Waals surface area contributed by atoms with Gasteiger partial charge in [-0.2, -0.15) is 5.26 Å². The van der Waals surface area contributed by atoms with E-state index in [0.29, 0.717) is 23.4 Å². The van der Waals surface area contributed by atoms with Gasteiger partial charge in [0.05, 0.1) is 12.1 Å². The number of aromatic nitrogens is 3. The molecule has 3 aromatic rings. The minimum absolute atomic E-state index is 0.0328. The van der Waals surface area contributed by atoms with E-state index in [1.165, 1.54) is 19.2 Å². The highest BCUT2D eigenvalue weighted by atomic mass is 35.5. The van der Waals surface area contributed by atoms with E-state index in [1.807, 2.05) is 12.1 Å². The van der Waals surface area contributed by atoms with Gasteiger partial charge in [-0.1, -0.05) is 17.7 Å². The lowest BCUT2D eigenvalue weighted by atomic mass is 10.0. The molecule has 5 nitrogen and oxygen atoms in total. The van der Waals surface area contributed by atoms with Crippen LogP contribution < -0.4 is 4.74 Å². The number of ether oxygens (including phenoxy) is 1. The van der Waals surface area contributed by atoms with Crippen LogP contribution in [0.4, 0.5) is 4.39 Å². The van der Waals surface area contributed by atoms with E-state index in [2.05, 4.69) is 15.0 Å². The molecule has 1 aromatic carbocycles. The van der Waals surface area contributed by atoms with Crippen molar-refractivity contribution in [1.29, 1.82) is 5.26 Å². The van der Waals surface area contributed by atoms with Crippen molar-refractivity contribution in [3.8, 4) is 23.1 Å². The molecule has 0 atom stereocenters. The highest BCUT2D eigenvalue weighted by Crippen LogP contribution is 2.31. The molecule has 2 heterocycles. The van der Waals surface area contributed by atoms with E-state index in [4.69, 9.17) is 21.6 Å². The maximum absolute atomic E-state index is 13.4. The zero-order valence-electron chi connectivity index (χ0n) is 13.2. The maximum Gasteiger partial charge on any atom is 0.232 e. The molecule has 2 aromatic heterocycles. The Kier molecular flexibility index (Phi) is 4.87. The van der Waals surface area contributed by atoms with Crippen LogP contribution in [0, 0.1) is 17.1 Å². The molecule has 124 valence electrons. The second-order valence-electron chi connectivity index (χ2n) is 5.23. The predicted octanol–water partition coefficient (Wildman–Crippen LogP) is 3.80. The highest BCUT2D eigenvalue weighted by Gasteiger charge is 2.11. The Bertz CT molecular complexity index is 954. The summed E-state index contributed by atoms with van der Waals surface area (Å²) in [5, 5.41) is 8.78. The molecular formula is C18H12ClFN4O. The second kappa shape index (κ2) is 7.24. The van der Waals surface area contributed by atoms with Crippen molar-refractivity contribution in [2.75, 3.05) is 7.11 Å². The molecule has 0 saturated heterocycles. The molecule has 7 heteroatoms. The van der Waals surface area contributed by atoms with Gasteiger partial charge in [0.15, 0.2) is 0 Å². The number of methoxy groups -OCH3 is 1. The molecule has 0 aliphatic carbocycles. The Balaban J connectivity index is 1.96. The van der Waals surface area contributed by atoms with Gasteiger partial charge < -0.3 is 4.74 Å². The molecule has 0 radical (unpaired) electrons. The first-order valence-corrected chi connectivity index (χ1v) is 7.68. The van der Waals surface area contributed by atoms with Crippen LogP contribution in [-0.4, -0.2) is 22.1 Å². The van der Waals surface area contributed by atoms with E-state index in [0.717, 1.165) is 11.1 Å². The van der Waals surface area contributed by atoms with Crippen LogP contribution in [0.3, 0.4) is 0 Å². The van der Waals surface area contributed by atoms with Crippen LogP contribution in [0.25, 0.3) is 11.1 Å². The number of rotatable bonds is 4. The van der Waals surface area contributed by atoms with Crippen LogP contribution >= 0.6 is 11.6 Å². The van der Waals surface area contributed by atoms with Crippen LogP contribution in [-0.2, 0) is 6.42 Å². The standard InChI is InChI=1S/C18H12ClFN4O/c1-25-18-14(13-2-3-16(20)15(19)6-13)5-11(8-24-18)4-12-9-22-17(7-21)23-10-12/h2-3,5-6,8-10H,4H2,1H3. The van der Waals surface area contributed by atoms with Gasteiger partial charge in [0.1, 0.15) is 11.9 Å². The van der Waals surface area contributed by atoms with Crippen molar-refractivity contribution >= 4 is 11.6 Å². The number of pyridine rings is 1. The summed E-state index contributed by atoms with van der Waals surface area (Å²) in [6.45, 7) is 0. The highest BCUT2D eigenvalue weighted by molar-refractivity contribution is 6.31.